The Hall–Kier alpha value is -2.55. The van der Waals surface area contributed by atoms with Crippen molar-refractivity contribution in [1.29, 1.82) is 0 Å². The lowest BCUT2D eigenvalue weighted by molar-refractivity contribution is 0.185. The van der Waals surface area contributed by atoms with Crippen molar-refractivity contribution in [3.8, 4) is 12.3 Å². The second-order valence-corrected chi connectivity index (χ2v) is 7.45. The van der Waals surface area contributed by atoms with Gasteiger partial charge in [0.15, 0.2) is 0 Å². The van der Waals surface area contributed by atoms with Crippen LogP contribution < -0.4 is 0 Å². The van der Waals surface area contributed by atoms with Crippen LogP contribution in [0.5, 0.6) is 0 Å². The fraction of sp³-hybridized carbons (Fsp3) is 0.158. The maximum Gasteiger partial charge on any atom is 0.268 e. The van der Waals surface area contributed by atoms with Crippen molar-refractivity contribution >= 4 is 20.9 Å². The molecular formula is C19H17NO3S. The molecule has 1 atom stereocenters. The van der Waals surface area contributed by atoms with E-state index >= 15 is 0 Å². The third-order valence-corrected chi connectivity index (χ3v) is 5.64. The molecule has 0 saturated heterocycles. The molecule has 0 bridgehead atoms. The van der Waals surface area contributed by atoms with Gasteiger partial charge in [0.1, 0.15) is 0 Å². The average molecular weight is 339 g/mol. The molecule has 5 heteroatoms. The van der Waals surface area contributed by atoms with E-state index in [4.69, 9.17) is 6.42 Å². The number of aryl methyl sites for hydroxylation is 1. The summed E-state index contributed by atoms with van der Waals surface area (Å²) in [6, 6.07) is 13.7. The molecule has 0 radical (unpaired) electrons. The van der Waals surface area contributed by atoms with Gasteiger partial charge in [-0.2, -0.15) is 0 Å². The number of nitrogens with zero attached hydrogens (tertiary/aromatic N) is 1. The molecule has 1 N–H and O–H groups in total. The maximum absolute atomic E-state index is 13.0. The van der Waals surface area contributed by atoms with Crippen LogP contribution in [0, 0.1) is 19.3 Å². The van der Waals surface area contributed by atoms with E-state index < -0.39 is 16.1 Å². The lowest BCUT2D eigenvalue weighted by Crippen LogP contribution is -2.12. The number of terminal acetylenes is 1. The zero-order valence-electron chi connectivity index (χ0n) is 13.2. The van der Waals surface area contributed by atoms with Gasteiger partial charge in [-0.1, -0.05) is 35.9 Å². The molecule has 1 unspecified atom stereocenters. The Kier molecular flexibility index (Phi) is 4.18. The molecule has 24 heavy (non-hydrogen) atoms. The summed E-state index contributed by atoms with van der Waals surface area (Å²) in [5.41, 5.74) is 2.01. The molecule has 0 saturated carbocycles. The summed E-state index contributed by atoms with van der Waals surface area (Å²) in [6.07, 6.45) is 5.95. The van der Waals surface area contributed by atoms with Crippen molar-refractivity contribution < 1.29 is 13.5 Å². The largest absolute Gasteiger partial charge is 0.387 e. The third-order valence-electron chi connectivity index (χ3n) is 3.96. The monoisotopic (exact) mass is 339 g/mol. The van der Waals surface area contributed by atoms with Crippen molar-refractivity contribution in [3.05, 3.63) is 65.9 Å². The van der Waals surface area contributed by atoms with Gasteiger partial charge in [0.2, 0.25) is 0 Å². The van der Waals surface area contributed by atoms with E-state index in [1.165, 1.54) is 10.2 Å². The molecule has 0 aliphatic carbocycles. The highest BCUT2D eigenvalue weighted by Gasteiger charge is 2.23. The number of fused-ring (bicyclic) bond motifs is 1. The van der Waals surface area contributed by atoms with Gasteiger partial charge in [-0.15, -0.1) is 12.3 Å². The summed E-state index contributed by atoms with van der Waals surface area (Å²) in [5, 5.41) is 10.9. The third kappa shape index (κ3) is 2.71. The number of aliphatic hydroxyl groups is 1. The van der Waals surface area contributed by atoms with Crippen LogP contribution in [0.15, 0.2) is 59.6 Å². The van der Waals surface area contributed by atoms with E-state index in [-0.39, 0.29) is 11.3 Å². The number of hydrogen-bond acceptors (Lipinski definition) is 3. The minimum Gasteiger partial charge on any atom is -0.387 e. The summed E-state index contributed by atoms with van der Waals surface area (Å²) < 4.78 is 27.2. The summed E-state index contributed by atoms with van der Waals surface area (Å²) in [7, 11) is -3.76. The molecule has 0 aliphatic rings. The van der Waals surface area contributed by atoms with E-state index in [0.717, 1.165) is 5.56 Å². The van der Waals surface area contributed by atoms with Crippen LogP contribution in [0.25, 0.3) is 10.9 Å². The van der Waals surface area contributed by atoms with Gasteiger partial charge >= 0.3 is 0 Å². The Balaban J connectivity index is 2.23. The first-order valence-electron chi connectivity index (χ1n) is 7.49. The molecule has 3 aromatic rings. The van der Waals surface area contributed by atoms with Crippen LogP contribution in [-0.4, -0.2) is 17.5 Å². The van der Waals surface area contributed by atoms with E-state index in [1.54, 1.807) is 48.5 Å². The molecule has 1 aromatic heterocycles. The van der Waals surface area contributed by atoms with Crippen molar-refractivity contribution in [2.75, 3.05) is 0 Å². The highest BCUT2D eigenvalue weighted by molar-refractivity contribution is 7.90. The Morgan fingerprint density at radius 2 is 1.83 bits per heavy atom. The molecule has 4 nitrogen and oxygen atoms in total. The predicted octanol–water partition coefficient (Wildman–Crippen LogP) is 3.24. The molecule has 0 fully saturated rings. The molecule has 0 aliphatic heterocycles. The van der Waals surface area contributed by atoms with Crippen molar-refractivity contribution in [3.63, 3.8) is 0 Å². The molecule has 0 amide bonds. The number of benzene rings is 2. The Morgan fingerprint density at radius 3 is 2.50 bits per heavy atom. The second kappa shape index (κ2) is 6.16. The van der Waals surface area contributed by atoms with Gasteiger partial charge < -0.3 is 5.11 Å². The summed E-state index contributed by atoms with van der Waals surface area (Å²) in [5.74, 6) is 2.41. The molecule has 1 heterocycles. The Bertz CT molecular complexity index is 1020. The molecule has 2 aromatic carbocycles. The first-order chi connectivity index (χ1) is 11.4. The minimum absolute atomic E-state index is 0.124. The first-order valence-corrected chi connectivity index (χ1v) is 8.93. The smallest absolute Gasteiger partial charge is 0.268 e. The average Bonchev–Trinajstić information content (AvgIpc) is 2.96. The van der Waals surface area contributed by atoms with Crippen LogP contribution >= 0.6 is 0 Å². The summed E-state index contributed by atoms with van der Waals surface area (Å²) in [4.78, 5) is 0.201. The van der Waals surface area contributed by atoms with Gasteiger partial charge in [0.05, 0.1) is 16.5 Å². The molecule has 122 valence electrons. The summed E-state index contributed by atoms with van der Waals surface area (Å²) >= 11 is 0. The molecule has 3 rings (SSSR count). The zero-order valence-corrected chi connectivity index (χ0v) is 14.0. The topological polar surface area (TPSA) is 59.3 Å². The number of hydrogen-bond donors (Lipinski definition) is 1. The van der Waals surface area contributed by atoms with E-state index in [2.05, 4.69) is 5.92 Å². The van der Waals surface area contributed by atoms with E-state index in [1.807, 2.05) is 6.92 Å². The van der Waals surface area contributed by atoms with E-state index in [9.17, 15) is 13.5 Å². The van der Waals surface area contributed by atoms with E-state index in [0.29, 0.717) is 16.5 Å². The fourth-order valence-electron chi connectivity index (χ4n) is 2.69. The zero-order chi connectivity index (χ0) is 17.3. The number of rotatable bonds is 4. The van der Waals surface area contributed by atoms with Gasteiger partial charge in [-0.3, -0.25) is 0 Å². The van der Waals surface area contributed by atoms with Gasteiger partial charge in [-0.25, -0.2) is 12.4 Å². The Labute approximate surface area is 141 Å². The summed E-state index contributed by atoms with van der Waals surface area (Å²) in [6.45, 7) is 1.90. The lowest BCUT2D eigenvalue weighted by atomic mass is 10.1. The van der Waals surface area contributed by atoms with Gasteiger partial charge in [0, 0.05) is 23.6 Å². The number of aliphatic hydroxyl groups excluding tert-OH is 1. The molecule has 0 spiro atoms. The highest BCUT2D eigenvalue weighted by atomic mass is 32.2. The van der Waals surface area contributed by atoms with Crippen molar-refractivity contribution in [2.24, 2.45) is 0 Å². The maximum atomic E-state index is 13.0. The van der Waals surface area contributed by atoms with Crippen molar-refractivity contribution in [2.45, 2.75) is 24.3 Å². The predicted molar refractivity (Wildman–Crippen MR) is 94.1 cm³/mol. The normalized spacial score (nSPS) is 12.9. The minimum atomic E-state index is -3.76. The SMILES string of the molecule is C#CCC(O)c1cn(S(=O)(=O)c2ccc(C)cc2)c2ccccc12. The van der Waals surface area contributed by atoms with Crippen LogP contribution in [0.1, 0.15) is 23.7 Å². The highest BCUT2D eigenvalue weighted by Crippen LogP contribution is 2.30. The number of aromatic nitrogens is 1. The molecular weight excluding hydrogens is 322 g/mol. The van der Waals surface area contributed by atoms with Crippen LogP contribution in [-0.2, 0) is 10.0 Å². The Morgan fingerprint density at radius 1 is 1.17 bits per heavy atom. The number of para-hydroxylation sites is 1. The van der Waals surface area contributed by atoms with Gasteiger partial charge in [0.25, 0.3) is 10.0 Å². The van der Waals surface area contributed by atoms with Crippen molar-refractivity contribution in [1.82, 2.24) is 3.97 Å². The standard InChI is InChI=1S/C19H17NO3S/c1-3-6-19(21)17-13-20(18-8-5-4-7-16(17)18)24(22,23)15-11-9-14(2)10-12-15/h1,4-5,7-13,19,21H,6H2,2H3. The lowest BCUT2D eigenvalue weighted by Gasteiger charge is -2.08. The van der Waals surface area contributed by atoms with Gasteiger partial charge in [-0.05, 0) is 25.1 Å². The van der Waals surface area contributed by atoms with Crippen LogP contribution in [0.3, 0.4) is 0 Å². The van der Waals surface area contributed by atoms with Crippen LogP contribution in [0.4, 0.5) is 0 Å². The first kappa shape index (κ1) is 16.3. The quantitative estimate of drug-likeness (QED) is 0.742. The fourth-order valence-corrected chi connectivity index (χ4v) is 4.06. The second-order valence-electron chi connectivity index (χ2n) is 5.64. The van der Waals surface area contributed by atoms with Crippen LogP contribution in [0.2, 0.25) is 0 Å².